The molecule has 1 aliphatic rings. The average Bonchev–Trinajstić information content (AvgIpc) is 2.77. The van der Waals surface area contributed by atoms with Crippen molar-refractivity contribution in [2.24, 2.45) is 11.8 Å². The molecule has 2 unspecified atom stereocenters. The summed E-state index contributed by atoms with van der Waals surface area (Å²) in [7, 11) is 2.03. The highest BCUT2D eigenvalue weighted by atomic mass is 79.9. The van der Waals surface area contributed by atoms with Crippen LogP contribution in [0.25, 0.3) is 0 Å². The lowest BCUT2D eigenvalue weighted by Crippen LogP contribution is -2.28. The second-order valence-electron chi connectivity index (χ2n) is 4.83. The van der Waals surface area contributed by atoms with Crippen LogP contribution in [-0.2, 0) is 0 Å². The van der Waals surface area contributed by atoms with Crippen molar-refractivity contribution in [1.82, 2.24) is 4.90 Å². The lowest BCUT2D eigenvalue weighted by Gasteiger charge is -2.15. The van der Waals surface area contributed by atoms with E-state index in [0.29, 0.717) is 6.54 Å². The van der Waals surface area contributed by atoms with Gasteiger partial charge in [-0.15, -0.1) is 11.3 Å². The van der Waals surface area contributed by atoms with Crippen LogP contribution >= 0.6 is 43.2 Å². The molecule has 1 saturated carbocycles. The number of nitrogens with zero attached hydrogens (tertiary/aromatic N) is 1. The highest BCUT2D eigenvalue weighted by Gasteiger charge is 2.33. The molecule has 1 aromatic rings. The van der Waals surface area contributed by atoms with E-state index in [-0.39, 0.29) is 5.78 Å². The van der Waals surface area contributed by atoms with Gasteiger partial charge in [0.1, 0.15) is 0 Å². The molecule has 2 rings (SSSR count). The first kappa shape index (κ1) is 13.7. The summed E-state index contributed by atoms with van der Waals surface area (Å²) in [5.41, 5.74) is 0.789. The van der Waals surface area contributed by atoms with Gasteiger partial charge in [-0.05, 0) is 63.2 Å². The van der Waals surface area contributed by atoms with E-state index in [1.807, 2.05) is 13.1 Å². The van der Waals surface area contributed by atoms with Gasteiger partial charge in [0.05, 0.1) is 14.1 Å². The Balaban J connectivity index is 1.90. The molecule has 1 aliphatic carbocycles. The van der Waals surface area contributed by atoms with Crippen molar-refractivity contribution in [2.45, 2.75) is 13.3 Å². The van der Waals surface area contributed by atoms with Crippen molar-refractivity contribution in [2.75, 3.05) is 20.1 Å². The first-order chi connectivity index (χ1) is 7.97. The zero-order valence-corrected chi connectivity index (χ0v) is 13.9. The second kappa shape index (κ2) is 5.51. The van der Waals surface area contributed by atoms with Crippen LogP contribution < -0.4 is 0 Å². The van der Waals surface area contributed by atoms with Crippen LogP contribution in [0.1, 0.15) is 23.7 Å². The molecule has 2 nitrogen and oxygen atoms in total. The Kier molecular flexibility index (Phi) is 4.45. The Morgan fingerprint density at radius 2 is 2.24 bits per heavy atom. The Hall–Kier alpha value is 0.290. The largest absolute Gasteiger partial charge is 0.299 e. The summed E-state index contributed by atoms with van der Waals surface area (Å²) >= 11 is 8.37. The summed E-state index contributed by atoms with van der Waals surface area (Å²) in [5.74, 6) is 1.83. The van der Waals surface area contributed by atoms with Crippen molar-refractivity contribution in [1.29, 1.82) is 0 Å². The third-order valence-corrected chi connectivity index (χ3v) is 5.53. The first-order valence-corrected chi connectivity index (χ1v) is 8.04. The summed E-state index contributed by atoms with van der Waals surface area (Å²) in [5, 5.41) is 0. The number of halogens is 2. The van der Waals surface area contributed by atoms with E-state index >= 15 is 0 Å². The highest BCUT2D eigenvalue weighted by Crippen LogP contribution is 2.38. The molecule has 1 fully saturated rings. The van der Waals surface area contributed by atoms with Gasteiger partial charge in [0.25, 0.3) is 0 Å². The predicted octanol–water partition coefficient (Wildman–Crippen LogP) is 4.04. The number of hydrogen-bond donors (Lipinski definition) is 0. The van der Waals surface area contributed by atoms with Gasteiger partial charge in [-0.3, -0.25) is 9.69 Å². The molecule has 0 amide bonds. The van der Waals surface area contributed by atoms with Gasteiger partial charge in [0, 0.05) is 12.1 Å². The SMILES string of the molecule is CC1CC1CN(C)CC(=O)c1cc(Br)sc1Br. The number of hydrogen-bond acceptors (Lipinski definition) is 3. The van der Waals surface area contributed by atoms with Crippen molar-refractivity contribution < 1.29 is 4.79 Å². The van der Waals surface area contributed by atoms with Gasteiger partial charge in [-0.25, -0.2) is 0 Å². The average molecular weight is 381 g/mol. The van der Waals surface area contributed by atoms with E-state index in [4.69, 9.17) is 0 Å². The topological polar surface area (TPSA) is 20.3 Å². The molecule has 0 radical (unpaired) electrons. The third-order valence-electron chi connectivity index (χ3n) is 3.19. The second-order valence-corrected chi connectivity index (χ2v) is 8.58. The lowest BCUT2D eigenvalue weighted by molar-refractivity contribution is 0.0943. The molecule has 1 heterocycles. The maximum Gasteiger partial charge on any atom is 0.178 e. The molecule has 0 N–H and O–H groups in total. The molecule has 1 aromatic heterocycles. The predicted molar refractivity (Wildman–Crippen MR) is 78.8 cm³/mol. The molecule has 0 saturated heterocycles. The van der Waals surface area contributed by atoms with Crippen LogP contribution in [0.2, 0.25) is 0 Å². The Morgan fingerprint density at radius 3 is 2.71 bits per heavy atom. The van der Waals surface area contributed by atoms with Gasteiger partial charge in [0.2, 0.25) is 0 Å². The van der Waals surface area contributed by atoms with E-state index in [2.05, 4.69) is 43.7 Å². The molecule has 0 aromatic carbocycles. The summed E-state index contributed by atoms with van der Waals surface area (Å²) < 4.78 is 1.91. The molecule has 17 heavy (non-hydrogen) atoms. The zero-order chi connectivity index (χ0) is 12.6. The van der Waals surface area contributed by atoms with Gasteiger partial charge in [0.15, 0.2) is 5.78 Å². The van der Waals surface area contributed by atoms with E-state index in [1.165, 1.54) is 6.42 Å². The maximum atomic E-state index is 12.1. The van der Waals surface area contributed by atoms with Crippen LogP contribution in [0.3, 0.4) is 0 Å². The smallest absolute Gasteiger partial charge is 0.178 e. The molecule has 94 valence electrons. The van der Waals surface area contributed by atoms with Gasteiger partial charge >= 0.3 is 0 Å². The fourth-order valence-electron chi connectivity index (χ4n) is 1.98. The fourth-order valence-corrected chi connectivity index (χ4v) is 4.83. The molecular formula is C12H15Br2NOS. The number of ketones is 1. The molecular weight excluding hydrogens is 366 g/mol. The summed E-state index contributed by atoms with van der Waals surface area (Å²) in [4.78, 5) is 14.2. The molecule has 0 bridgehead atoms. The van der Waals surface area contributed by atoms with Crippen molar-refractivity contribution in [3.63, 3.8) is 0 Å². The normalized spacial score (nSPS) is 23.1. The van der Waals surface area contributed by atoms with Gasteiger partial charge in [-0.2, -0.15) is 0 Å². The Labute approximate surface area is 123 Å². The Bertz CT molecular complexity index is 432. The van der Waals surface area contributed by atoms with E-state index in [9.17, 15) is 4.79 Å². The highest BCUT2D eigenvalue weighted by molar-refractivity contribution is 9.12. The lowest BCUT2D eigenvalue weighted by atomic mass is 10.2. The number of carbonyl (C=O) groups is 1. The minimum absolute atomic E-state index is 0.189. The number of thiophene rings is 1. The van der Waals surface area contributed by atoms with E-state index in [1.54, 1.807) is 11.3 Å². The monoisotopic (exact) mass is 379 g/mol. The number of carbonyl (C=O) groups excluding carboxylic acids is 1. The summed E-state index contributed by atoms with van der Waals surface area (Å²) in [6.45, 7) is 3.81. The quantitative estimate of drug-likeness (QED) is 0.718. The molecule has 0 spiro atoms. The summed E-state index contributed by atoms with van der Waals surface area (Å²) in [6.07, 6.45) is 1.31. The maximum absolute atomic E-state index is 12.1. The molecule has 2 atom stereocenters. The number of likely N-dealkylation sites (N-methyl/N-ethyl adjacent to an activating group) is 1. The van der Waals surface area contributed by atoms with Crippen LogP contribution in [0.5, 0.6) is 0 Å². The van der Waals surface area contributed by atoms with Crippen LogP contribution in [0, 0.1) is 11.8 Å². The van der Waals surface area contributed by atoms with Crippen molar-refractivity contribution in [3.8, 4) is 0 Å². The third kappa shape index (κ3) is 3.63. The summed E-state index contributed by atoms with van der Waals surface area (Å²) in [6, 6.07) is 1.89. The van der Waals surface area contributed by atoms with Crippen LogP contribution in [-0.4, -0.2) is 30.8 Å². The first-order valence-electron chi connectivity index (χ1n) is 5.64. The minimum atomic E-state index is 0.189. The zero-order valence-electron chi connectivity index (χ0n) is 9.87. The fraction of sp³-hybridized carbons (Fsp3) is 0.583. The minimum Gasteiger partial charge on any atom is -0.299 e. The van der Waals surface area contributed by atoms with Crippen LogP contribution in [0.15, 0.2) is 13.6 Å². The number of Topliss-reactive ketones (excluding diaryl/α,β-unsaturated/α-hetero) is 1. The van der Waals surface area contributed by atoms with Gasteiger partial charge < -0.3 is 0 Å². The van der Waals surface area contributed by atoms with Crippen molar-refractivity contribution in [3.05, 3.63) is 19.2 Å². The Morgan fingerprint density at radius 1 is 1.59 bits per heavy atom. The molecule has 5 heteroatoms. The van der Waals surface area contributed by atoms with Gasteiger partial charge in [-0.1, -0.05) is 6.92 Å². The van der Waals surface area contributed by atoms with E-state index in [0.717, 1.165) is 31.5 Å². The standard InChI is InChI=1S/C12H15Br2NOS/c1-7-3-8(7)5-15(2)6-10(16)9-4-11(13)17-12(9)14/h4,7-8H,3,5-6H2,1-2H3. The van der Waals surface area contributed by atoms with Crippen LogP contribution in [0.4, 0.5) is 0 Å². The van der Waals surface area contributed by atoms with E-state index < -0.39 is 0 Å². The number of rotatable bonds is 5. The van der Waals surface area contributed by atoms with Crippen molar-refractivity contribution >= 4 is 49.0 Å². The molecule has 0 aliphatic heterocycles.